The van der Waals surface area contributed by atoms with Crippen LogP contribution < -0.4 is 5.32 Å². The third-order valence-corrected chi connectivity index (χ3v) is 5.71. The Morgan fingerprint density at radius 3 is 2.04 bits per heavy atom. The topological polar surface area (TPSA) is 98.8 Å². The number of Topliss-reactive ketones (excluding diaryl/α,β-unsaturated/α-hetero) is 2. The van der Waals surface area contributed by atoms with Gasteiger partial charge in [-0.15, -0.1) is 0 Å². The second kappa shape index (κ2) is 5.72. The molecular formula is C17H23NO6. The van der Waals surface area contributed by atoms with E-state index in [0.717, 1.165) is 0 Å². The van der Waals surface area contributed by atoms with Gasteiger partial charge in [0.2, 0.25) is 0 Å². The van der Waals surface area contributed by atoms with Crippen LogP contribution in [-0.2, 0) is 28.7 Å². The molecule has 2 aliphatic rings. The van der Waals surface area contributed by atoms with Crippen LogP contribution in [0, 0.1) is 17.3 Å². The van der Waals surface area contributed by atoms with E-state index in [2.05, 4.69) is 5.32 Å². The molecule has 1 aliphatic carbocycles. The number of fused-ring (bicyclic) bond motifs is 2. The molecule has 1 fully saturated rings. The molecule has 0 saturated heterocycles. The van der Waals surface area contributed by atoms with Crippen LogP contribution in [0.5, 0.6) is 0 Å². The number of methoxy groups -OCH3 is 2. The van der Waals surface area contributed by atoms with Crippen molar-refractivity contribution in [2.75, 3.05) is 14.2 Å². The van der Waals surface area contributed by atoms with Crippen molar-refractivity contribution in [3.63, 3.8) is 0 Å². The number of rotatable bonds is 4. The monoisotopic (exact) mass is 337 g/mol. The number of hydrogen-bond donors (Lipinski definition) is 1. The number of ether oxygens (including phenoxy) is 2. The molecule has 0 spiro atoms. The highest BCUT2D eigenvalue weighted by Gasteiger charge is 2.73. The predicted molar refractivity (Wildman–Crippen MR) is 83.7 cm³/mol. The Morgan fingerprint density at radius 1 is 1.08 bits per heavy atom. The molecule has 132 valence electrons. The molecule has 1 aliphatic heterocycles. The lowest BCUT2D eigenvalue weighted by Crippen LogP contribution is -2.67. The van der Waals surface area contributed by atoms with Crippen molar-refractivity contribution in [3.05, 3.63) is 11.3 Å². The summed E-state index contributed by atoms with van der Waals surface area (Å²) in [6.45, 7) is 6.00. The van der Waals surface area contributed by atoms with Crippen molar-refractivity contribution < 1.29 is 28.7 Å². The van der Waals surface area contributed by atoms with E-state index in [4.69, 9.17) is 9.47 Å². The smallest absolute Gasteiger partial charge is 0.335 e. The quantitative estimate of drug-likeness (QED) is 0.597. The molecule has 0 radical (unpaired) electrons. The van der Waals surface area contributed by atoms with Gasteiger partial charge in [0, 0.05) is 11.6 Å². The lowest BCUT2D eigenvalue weighted by atomic mass is 9.58. The molecule has 0 aromatic rings. The zero-order valence-corrected chi connectivity index (χ0v) is 14.8. The van der Waals surface area contributed by atoms with Crippen molar-refractivity contribution in [2.24, 2.45) is 17.3 Å². The second-order valence-electron chi connectivity index (χ2n) is 6.64. The van der Waals surface area contributed by atoms with Gasteiger partial charge < -0.3 is 14.8 Å². The van der Waals surface area contributed by atoms with Crippen LogP contribution in [0.4, 0.5) is 0 Å². The maximum absolute atomic E-state index is 12.7. The number of nitrogens with one attached hydrogen (secondary N) is 1. The van der Waals surface area contributed by atoms with E-state index in [9.17, 15) is 19.2 Å². The Kier molecular flexibility index (Phi) is 4.33. The lowest BCUT2D eigenvalue weighted by molar-refractivity contribution is -0.152. The van der Waals surface area contributed by atoms with Crippen molar-refractivity contribution >= 4 is 23.5 Å². The molecule has 1 saturated carbocycles. The number of allylic oxidation sites excluding steroid dienone is 1. The molecule has 0 amide bonds. The Bertz CT molecular complexity index is 650. The van der Waals surface area contributed by atoms with E-state index in [1.54, 1.807) is 13.8 Å². The molecular weight excluding hydrogens is 314 g/mol. The van der Waals surface area contributed by atoms with Crippen molar-refractivity contribution in [1.29, 1.82) is 0 Å². The number of carbonyl (C=O) groups excluding carboxylic acids is 4. The van der Waals surface area contributed by atoms with E-state index in [0.29, 0.717) is 5.70 Å². The molecule has 0 unspecified atom stereocenters. The highest BCUT2D eigenvalue weighted by atomic mass is 16.5. The normalized spacial score (nSPS) is 30.4. The summed E-state index contributed by atoms with van der Waals surface area (Å²) in [6, 6.07) is 0. The summed E-state index contributed by atoms with van der Waals surface area (Å²) < 4.78 is 9.72. The molecule has 1 heterocycles. The zero-order chi connectivity index (χ0) is 18.4. The molecule has 3 atom stereocenters. The Morgan fingerprint density at radius 2 is 1.62 bits per heavy atom. The van der Waals surface area contributed by atoms with Gasteiger partial charge in [0.1, 0.15) is 17.0 Å². The van der Waals surface area contributed by atoms with Crippen molar-refractivity contribution in [2.45, 2.75) is 39.7 Å². The minimum atomic E-state index is -1.52. The van der Waals surface area contributed by atoms with Crippen LogP contribution in [0.2, 0.25) is 0 Å². The fourth-order valence-electron chi connectivity index (χ4n) is 4.87. The zero-order valence-electron chi connectivity index (χ0n) is 14.8. The number of esters is 2. The van der Waals surface area contributed by atoms with Gasteiger partial charge in [-0.3, -0.25) is 14.4 Å². The van der Waals surface area contributed by atoms with E-state index < -0.39 is 34.7 Å². The summed E-state index contributed by atoms with van der Waals surface area (Å²) in [7, 11) is 2.51. The molecule has 7 nitrogen and oxygen atoms in total. The maximum atomic E-state index is 12.7. The second-order valence-corrected chi connectivity index (χ2v) is 6.64. The molecule has 2 rings (SSSR count). The molecule has 2 bridgehead atoms. The highest BCUT2D eigenvalue weighted by molar-refractivity contribution is 6.11. The lowest BCUT2D eigenvalue weighted by Gasteiger charge is -2.49. The summed E-state index contributed by atoms with van der Waals surface area (Å²) in [5, 5.41) is 3.10. The van der Waals surface area contributed by atoms with Crippen LogP contribution >= 0.6 is 0 Å². The van der Waals surface area contributed by atoms with E-state index in [1.165, 1.54) is 28.1 Å². The SMILES string of the molecule is COC(=O)C1=C(C)N[C@@]2(C)[C@H](C(=O)OC)C[C@@H]1C2(C(C)=O)C(C)=O. The predicted octanol–water partition coefficient (Wildman–Crippen LogP) is 0.769. The van der Waals surface area contributed by atoms with Crippen LogP contribution in [0.15, 0.2) is 11.3 Å². The van der Waals surface area contributed by atoms with Gasteiger partial charge in [0.25, 0.3) is 0 Å². The third-order valence-electron chi connectivity index (χ3n) is 5.71. The average molecular weight is 337 g/mol. The highest BCUT2D eigenvalue weighted by Crippen LogP contribution is 2.60. The van der Waals surface area contributed by atoms with Gasteiger partial charge in [-0.2, -0.15) is 0 Å². The van der Waals surface area contributed by atoms with Crippen molar-refractivity contribution in [3.8, 4) is 0 Å². The van der Waals surface area contributed by atoms with E-state index >= 15 is 0 Å². The van der Waals surface area contributed by atoms with Crippen LogP contribution in [0.25, 0.3) is 0 Å². The Hall–Kier alpha value is -2.18. The van der Waals surface area contributed by atoms with Gasteiger partial charge in [0.15, 0.2) is 0 Å². The minimum Gasteiger partial charge on any atom is -0.469 e. The molecule has 1 N–H and O–H groups in total. The summed E-state index contributed by atoms with van der Waals surface area (Å²) >= 11 is 0. The molecule has 0 aromatic carbocycles. The van der Waals surface area contributed by atoms with Gasteiger partial charge in [-0.1, -0.05) is 0 Å². The fourth-order valence-corrected chi connectivity index (χ4v) is 4.87. The summed E-state index contributed by atoms with van der Waals surface area (Å²) in [5.74, 6) is -3.35. The van der Waals surface area contributed by atoms with E-state index in [-0.39, 0.29) is 23.6 Å². The molecule has 24 heavy (non-hydrogen) atoms. The molecule has 0 aromatic heterocycles. The van der Waals surface area contributed by atoms with Crippen molar-refractivity contribution in [1.82, 2.24) is 5.32 Å². The fraction of sp³-hybridized carbons (Fsp3) is 0.647. The van der Waals surface area contributed by atoms with Crippen LogP contribution in [0.3, 0.4) is 0 Å². The summed E-state index contributed by atoms with van der Waals surface area (Å²) in [5.41, 5.74) is -1.93. The number of carbonyl (C=O) groups is 4. The van der Waals surface area contributed by atoms with Crippen LogP contribution in [-0.4, -0.2) is 43.3 Å². The number of ketones is 2. The first-order chi connectivity index (χ1) is 11.1. The average Bonchev–Trinajstić information content (AvgIpc) is 2.69. The number of hydrogen-bond acceptors (Lipinski definition) is 7. The van der Waals surface area contributed by atoms with Crippen LogP contribution in [0.1, 0.15) is 34.1 Å². The van der Waals surface area contributed by atoms with Gasteiger partial charge in [0.05, 0.1) is 31.2 Å². The standard InChI is InChI=1S/C17H23NO6/c1-8-13(15(22)24-6)11-7-12(14(21)23-5)16(4,18-8)17(11,9(2)19)10(3)20/h11-12,18H,7H2,1-6H3/t11-,12-,16-/m0/s1. The summed E-state index contributed by atoms with van der Waals surface area (Å²) in [6.07, 6.45) is 0.164. The largest absolute Gasteiger partial charge is 0.469 e. The maximum Gasteiger partial charge on any atom is 0.335 e. The minimum absolute atomic E-state index is 0.164. The third kappa shape index (κ3) is 1.96. The molecule has 7 heteroatoms. The van der Waals surface area contributed by atoms with E-state index in [1.807, 2.05) is 0 Å². The first-order valence-electron chi connectivity index (χ1n) is 7.76. The first kappa shape index (κ1) is 18.2. The summed E-state index contributed by atoms with van der Waals surface area (Å²) in [4.78, 5) is 49.9. The van der Waals surface area contributed by atoms with Gasteiger partial charge >= 0.3 is 11.9 Å². The Labute approximate surface area is 140 Å². The first-order valence-corrected chi connectivity index (χ1v) is 7.76. The van der Waals surface area contributed by atoms with Gasteiger partial charge in [-0.25, -0.2) is 4.79 Å². The Balaban J connectivity index is 2.80. The van der Waals surface area contributed by atoms with Gasteiger partial charge in [-0.05, 0) is 34.1 Å².